The van der Waals surface area contributed by atoms with Crippen molar-refractivity contribution in [1.82, 2.24) is 0 Å². The summed E-state index contributed by atoms with van der Waals surface area (Å²) in [7, 11) is -3.76. The SMILES string of the molecule is O=C(Nc1cccc(Br)c1)c1cc(NS(=O)(=O)c2ccccc2)ccc1Cl. The minimum atomic E-state index is -3.76. The van der Waals surface area contributed by atoms with Crippen LogP contribution in [-0.4, -0.2) is 14.3 Å². The van der Waals surface area contributed by atoms with E-state index in [0.29, 0.717) is 5.69 Å². The second-order valence-electron chi connectivity index (χ2n) is 5.58. The average Bonchev–Trinajstić information content (AvgIpc) is 2.64. The van der Waals surface area contributed by atoms with Gasteiger partial charge in [-0.3, -0.25) is 9.52 Å². The maximum Gasteiger partial charge on any atom is 0.261 e. The summed E-state index contributed by atoms with van der Waals surface area (Å²) >= 11 is 9.47. The second kappa shape index (κ2) is 8.12. The Kier molecular flexibility index (Phi) is 5.84. The zero-order valence-corrected chi connectivity index (χ0v) is 17.0. The zero-order valence-electron chi connectivity index (χ0n) is 13.8. The topological polar surface area (TPSA) is 75.3 Å². The molecule has 0 atom stereocenters. The molecule has 3 aromatic rings. The lowest BCUT2D eigenvalue weighted by Gasteiger charge is -2.11. The number of rotatable bonds is 5. The molecule has 3 rings (SSSR count). The normalized spacial score (nSPS) is 11.0. The molecular weight excluding hydrogens is 452 g/mol. The number of carbonyl (C=O) groups is 1. The van der Waals surface area contributed by atoms with E-state index in [0.717, 1.165) is 4.47 Å². The summed E-state index contributed by atoms with van der Waals surface area (Å²) in [6, 6.07) is 19.4. The molecule has 0 radical (unpaired) electrons. The van der Waals surface area contributed by atoms with Crippen molar-refractivity contribution in [2.45, 2.75) is 4.90 Å². The number of hydrogen-bond acceptors (Lipinski definition) is 3. The van der Waals surface area contributed by atoms with Gasteiger partial charge in [0.05, 0.1) is 15.5 Å². The number of halogens is 2. The Morgan fingerprint density at radius 3 is 2.33 bits per heavy atom. The van der Waals surface area contributed by atoms with Crippen LogP contribution in [0, 0.1) is 0 Å². The highest BCUT2D eigenvalue weighted by atomic mass is 79.9. The van der Waals surface area contributed by atoms with Gasteiger partial charge in [0.15, 0.2) is 0 Å². The lowest BCUT2D eigenvalue weighted by molar-refractivity contribution is 0.102. The predicted molar refractivity (Wildman–Crippen MR) is 111 cm³/mol. The van der Waals surface area contributed by atoms with E-state index in [1.807, 2.05) is 6.07 Å². The van der Waals surface area contributed by atoms with Crippen molar-refractivity contribution >= 4 is 54.8 Å². The number of anilines is 2. The number of nitrogens with one attached hydrogen (secondary N) is 2. The molecule has 0 unspecified atom stereocenters. The van der Waals surface area contributed by atoms with E-state index in [-0.39, 0.29) is 21.2 Å². The van der Waals surface area contributed by atoms with Gasteiger partial charge < -0.3 is 5.32 Å². The summed E-state index contributed by atoms with van der Waals surface area (Å²) in [6.07, 6.45) is 0. The number of amides is 1. The predicted octanol–water partition coefficient (Wildman–Crippen LogP) is 5.16. The lowest BCUT2D eigenvalue weighted by atomic mass is 10.2. The third-order valence-corrected chi connectivity index (χ3v) is 5.82. The van der Waals surface area contributed by atoms with Gasteiger partial charge >= 0.3 is 0 Å². The average molecular weight is 466 g/mol. The number of hydrogen-bond donors (Lipinski definition) is 2. The second-order valence-corrected chi connectivity index (χ2v) is 8.58. The van der Waals surface area contributed by atoms with Gasteiger partial charge in [0, 0.05) is 15.8 Å². The van der Waals surface area contributed by atoms with Crippen LogP contribution in [0.2, 0.25) is 5.02 Å². The molecular formula is C19H14BrClN2O3S. The first-order valence-electron chi connectivity index (χ1n) is 7.79. The Balaban J connectivity index is 1.85. The molecule has 0 saturated heterocycles. The van der Waals surface area contributed by atoms with E-state index < -0.39 is 15.9 Å². The Morgan fingerprint density at radius 2 is 1.63 bits per heavy atom. The molecule has 0 heterocycles. The van der Waals surface area contributed by atoms with Crippen molar-refractivity contribution in [3.63, 3.8) is 0 Å². The van der Waals surface area contributed by atoms with E-state index in [1.165, 1.54) is 30.3 Å². The first-order valence-corrected chi connectivity index (χ1v) is 10.4. The summed E-state index contributed by atoms with van der Waals surface area (Å²) in [5.74, 6) is -0.446. The van der Waals surface area contributed by atoms with Crippen molar-refractivity contribution in [2.24, 2.45) is 0 Å². The van der Waals surface area contributed by atoms with Gasteiger partial charge in [-0.1, -0.05) is 51.8 Å². The smallest absolute Gasteiger partial charge is 0.261 e. The van der Waals surface area contributed by atoms with Crippen molar-refractivity contribution in [3.05, 3.63) is 87.9 Å². The highest BCUT2D eigenvalue weighted by molar-refractivity contribution is 9.10. The Bertz CT molecular complexity index is 1090. The van der Waals surface area contributed by atoms with E-state index in [4.69, 9.17) is 11.6 Å². The Morgan fingerprint density at radius 1 is 0.889 bits per heavy atom. The standard InChI is InChI=1S/C19H14BrClN2O3S/c20-13-5-4-6-14(11-13)22-19(24)17-12-15(9-10-18(17)21)23-27(25,26)16-7-2-1-3-8-16/h1-12,23H,(H,22,24). The molecule has 0 aliphatic rings. The monoisotopic (exact) mass is 464 g/mol. The minimum absolute atomic E-state index is 0.125. The van der Waals surface area contributed by atoms with Crippen molar-refractivity contribution in [3.8, 4) is 0 Å². The summed E-state index contributed by atoms with van der Waals surface area (Å²) in [5, 5.41) is 2.94. The molecule has 1 amide bonds. The molecule has 0 aromatic heterocycles. The van der Waals surface area contributed by atoms with Gasteiger partial charge in [-0.05, 0) is 48.5 Å². The molecule has 0 bridgehead atoms. The van der Waals surface area contributed by atoms with Gasteiger partial charge in [0.2, 0.25) is 0 Å². The summed E-state index contributed by atoms with van der Waals surface area (Å²) in [5.41, 5.74) is 0.980. The maximum absolute atomic E-state index is 12.5. The summed E-state index contributed by atoms with van der Waals surface area (Å²) in [6.45, 7) is 0. The van der Waals surface area contributed by atoms with Crippen LogP contribution in [0.3, 0.4) is 0 Å². The maximum atomic E-state index is 12.5. The van der Waals surface area contributed by atoms with Gasteiger partial charge in [-0.25, -0.2) is 8.42 Å². The molecule has 5 nitrogen and oxygen atoms in total. The molecule has 0 aliphatic carbocycles. The van der Waals surface area contributed by atoms with Crippen LogP contribution in [0.15, 0.2) is 82.2 Å². The quantitative estimate of drug-likeness (QED) is 0.547. The summed E-state index contributed by atoms with van der Waals surface area (Å²) in [4.78, 5) is 12.7. The number of carbonyl (C=O) groups excluding carboxylic acids is 1. The van der Waals surface area contributed by atoms with Crippen LogP contribution in [0.1, 0.15) is 10.4 Å². The van der Waals surface area contributed by atoms with Crippen molar-refractivity contribution in [1.29, 1.82) is 0 Å². The van der Waals surface area contributed by atoms with Crippen LogP contribution in [0.5, 0.6) is 0 Å². The van der Waals surface area contributed by atoms with Crippen molar-refractivity contribution < 1.29 is 13.2 Å². The number of sulfonamides is 1. The summed E-state index contributed by atoms with van der Waals surface area (Å²) < 4.78 is 28.2. The van der Waals surface area contributed by atoms with Crippen molar-refractivity contribution in [2.75, 3.05) is 10.0 Å². The molecule has 3 aromatic carbocycles. The van der Waals surface area contributed by atoms with Gasteiger partial charge in [0.25, 0.3) is 15.9 Å². The van der Waals surface area contributed by atoms with E-state index in [2.05, 4.69) is 26.0 Å². The fourth-order valence-electron chi connectivity index (χ4n) is 2.34. The molecule has 0 spiro atoms. The third-order valence-electron chi connectivity index (χ3n) is 3.60. The van der Waals surface area contributed by atoms with Crippen LogP contribution < -0.4 is 10.0 Å². The first kappa shape index (κ1) is 19.4. The van der Waals surface area contributed by atoms with Gasteiger partial charge in [0.1, 0.15) is 0 Å². The largest absolute Gasteiger partial charge is 0.322 e. The zero-order chi connectivity index (χ0) is 19.4. The molecule has 0 aliphatic heterocycles. The first-order chi connectivity index (χ1) is 12.8. The molecule has 0 fully saturated rings. The van der Waals surface area contributed by atoms with Gasteiger partial charge in [-0.2, -0.15) is 0 Å². The highest BCUT2D eigenvalue weighted by Crippen LogP contribution is 2.24. The molecule has 27 heavy (non-hydrogen) atoms. The van der Waals surface area contributed by atoms with Crippen LogP contribution >= 0.6 is 27.5 Å². The van der Waals surface area contributed by atoms with E-state index in [9.17, 15) is 13.2 Å². The highest BCUT2D eigenvalue weighted by Gasteiger charge is 2.16. The Labute approximate surface area is 170 Å². The van der Waals surface area contributed by atoms with Crippen LogP contribution in [-0.2, 0) is 10.0 Å². The molecule has 138 valence electrons. The molecule has 8 heteroatoms. The van der Waals surface area contributed by atoms with E-state index >= 15 is 0 Å². The molecule has 0 saturated carbocycles. The fraction of sp³-hybridized carbons (Fsp3) is 0. The van der Waals surface area contributed by atoms with Crippen LogP contribution in [0.4, 0.5) is 11.4 Å². The Hall–Kier alpha value is -2.35. The minimum Gasteiger partial charge on any atom is -0.322 e. The fourth-order valence-corrected chi connectivity index (χ4v) is 4.01. The van der Waals surface area contributed by atoms with Gasteiger partial charge in [-0.15, -0.1) is 0 Å². The van der Waals surface area contributed by atoms with Crippen LogP contribution in [0.25, 0.3) is 0 Å². The third kappa shape index (κ3) is 4.88. The lowest BCUT2D eigenvalue weighted by Crippen LogP contribution is -2.15. The van der Waals surface area contributed by atoms with E-state index in [1.54, 1.807) is 36.4 Å². The molecule has 2 N–H and O–H groups in total. The number of benzene rings is 3.